The molecule has 0 aliphatic carbocycles. The maximum Gasteiger partial charge on any atom is 0.291 e. The van der Waals surface area contributed by atoms with Crippen molar-refractivity contribution >= 4 is 50.7 Å². The molecule has 3 rings (SSSR count). The minimum absolute atomic E-state index is 0.0309. The van der Waals surface area contributed by atoms with Crippen LogP contribution in [0.1, 0.15) is 10.6 Å². The molecule has 0 unspecified atom stereocenters. The van der Waals surface area contributed by atoms with E-state index in [2.05, 4.69) is 21.2 Å². The molecule has 0 atom stereocenters. The molecule has 1 amide bonds. The SMILES string of the molecule is O=C(Nc1ccc(Br)cc1F)c1ccc(-c2cc(Cl)ccc2Cl)o1. The quantitative estimate of drug-likeness (QED) is 0.523. The van der Waals surface area contributed by atoms with Gasteiger partial charge < -0.3 is 9.73 Å². The fourth-order valence-corrected chi connectivity index (χ4v) is 2.78. The maximum absolute atomic E-state index is 13.8. The number of carbonyl (C=O) groups excluding carboxylic acids is 1. The summed E-state index contributed by atoms with van der Waals surface area (Å²) in [6, 6.07) is 12.3. The van der Waals surface area contributed by atoms with Gasteiger partial charge in [-0.05, 0) is 48.5 Å². The molecule has 0 spiro atoms. The zero-order chi connectivity index (χ0) is 17.3. The number of nitrogens with one attached hydrogen (secondary N) is 1. The van der Waals surface area contributed by atoms with Crippen molar-refractivity contribution in [3.05, 3.63) is 74.6 Å². The zero-order valence-corrected chi connectivity index (χ0v) is 15.0. The van der Waals surface area contributed by atoms with E-state index in [1.807, 2.05) is 0 Å². The summed E-state index contributed by atoms with van der Waals surface area (Å²) in [6.07, 6.45) is 0. The zero-order valence-electron chi connectivity index (χ0n) is 11.9. The first kappa shape index (κ1) is 17.0. The van der Waals surface area contributed by atoms with Crippen LogP contribution >= 0.6 is 39.1 Å². The van der Waals surface area contributed by atoms with Crippen LogP contribution in [0.2, 0.25) is 10.0 Å². The summed E-state index contributed by atoms with van der Waals surface area (Å²) >= 11 is 15.2. The molecule has 0 saturated carbocycles. The first-order chi connectivity index (χ1) is 11.4. The van der Waals surface area contributed by atoms with Crippen LogP contribution in [0.3, 0.4) is 0 Å². The van der Waals surface area contributed by atoms with Crippen LogP contribution in [0.4, 0.5) is 10.1 Å². The van der Waals surface area contributed by atoms with E-state index in [1.165, 1.54) is 18.2 Å². The minimum Gasteiger partial charge on any atom is -0.451 e. The molecule has 3 aromatic rings. The second-order valence-electron chi connectivity index (χ2n) is 4.87. The number of hydrogen-bond acceptors (Lipinski definition) is 2. The Hall–Kier alpha value is -1.82. The third-order valence-electron chi connectivity index (χ3n) is 3.20. The highest BCUT2D eigenvalue weighted by atomic mass is 79.9. The lowest BCUT2D eigenvalue weighted by Gasteiger charge is -2.05. The number of hydrogen-bond donors (Lipinski definition) is 1. The molecular weight excluding hydrogens is 420 g/mol. The van der Waals surface area contributed by atoms with E-state index in [1.54, 1.807) is 30.3 Å². The Morgan fingerprint density at radius 2 is 1.88 bits per heavy atom. The van der Waals surface area contributed by atoms with E-state index in [4.69, 9.17) is 27.6 Å². The lowest BCUT2D eigenvalue weighted by Crippen LogP contribution is -2.12. The van der Waals surface area contributed by atoms with Crippen molar-refractivity contribution in [2.24, 2.45) is 0 Å². The fourth-order valence-electron chi connectivity index (χ4n) is 2.07. The Labute approximate surface area is 155 Å². The topological polar surface area (TPSA) is 42.2 Å². The van der Waals surface area contributed by atoms with Crippen molar-refractivity contribution < 1.29 is 13.6 Å². The Kier molecular flexibility index (Phi) is 4.94. The van der Waals surface area contributed by atoms with E-state index in [0.717, 1.165) is 0 Å². The van der Waals surface area contributed by atoms with Gasteiger partial charge in [0.2, 0.25) is 0 Å². The third-order valence-corrected chi connectivity index (χ3v) is 4.26. The molecule has 0 aliphatic rings. The lowest BCUT2D eigenvalue weighted by molar-refractivity contribution is 0.0997. The van der Waals surface area contributed by atoms with Gasteiger partial charge in [-0.25, -0.2) is 4.39 Å². The largest absolute Gasteiger partial charge is 0.451 e. The van der Waals surface area contributed by atoms with Crippen molar-refractivity contribution in [3.8, 4) is 11.3 Å². The molecule has 7 heteroatoms. The Bertz CT molecular complexity index is 927. The van der Waals surface area contributed by atoms with E-state index in [0.29, 0.717) is 25.8 Å². The van der Waals surface area contributed by atoms with E-state index < -0.39 is 11.7 Å². The fraction of sp³-hybridized carbons (Fsp3) is 0. The number of carbonyl (C=O) groups is 1. The van der Waals surface area contributed by atoms with Crippen molar-refractivity contribution in [1.29, 1.82) is 0 Å². The predicted molar refractivity (Wildman–Crippen MR) is 96.2 cm³/mol. The smallest absolute Gasteiger partial charge is 0.291 e. The van der Waals surface area contributed by atoms with Crippen LogP contribution < -0.4 is 5.32 Å². The summed E-state index contributed by atoms with van der Waals surface area (Å²) in [7, 11) is 0. The standard InChI is InChI=1S/C17H9BrCl2FNO2/c18-9-1-4-14(13(21)7-9)22-17(23)16-6-5-15(24-16)11-8-10(19)2-3-12(11)20/h1-8H,(H,22,23). The second-order valence-corrected chi connectivity index (χ2v) is 6.63. The van der Waals surface area contributed by atoms with Gasteiger partial charge in [-0.1, -0.05) is 39.1 Å². The molecule has 1 aromatic heterocycles. The number of benzene rings is 2. The number of furan rings is 1. The van der Waals surface area contributed by atoms with Gasteiger partial charge in [-0.15, -0.1) is 0 Å². The molecule has 0 bridgehead atoms. The Balaban J connectivity index is 1.85. The molecular formula is C17H9BrCl2FNO2. The molecule has 3 nitrogen and oxygen atoms in total. The van der Waals surface area contributed by atoms with Crippen LogP contribution in [-0.2, 0) is 0 Å². The van der Waals surface area contributed by atoms with Crippen molar-refractivity contribution in [2.75, 3.05) is 5.32 Å². The molecule has 0 fully saturated rings. The summed E-state index contributed by atoms with van der Waals surface area (Å²) in [4.78, 5) is 12.2. The van der Waals surface area contributed by atoms with Crippen LogP contribution in [0.25, 0.3) is 11.3 Å². The highest BCUT2D eigenvalue weighted by Crippen LogP contribution is 2.32. The number of rotatable bonds is 3. The van der Waals surface area contributed by atoms with Gasteiger partial charge in [-0.3, -0.25) is 4.79 Å². The number of halogens is 4. The molecule has 0 radical (unpaired) electrons. The van der Waals surface area contributed by atoms with Crippen LogP contribution in [-0.4, -0.2) is 5.91 Å². The van der Waals surface area contributed by atoms with E-state index in [-0.39, 0.29) is 11.4 Å². The second kappa shape index (κ2) is 6.97. The van der Waals surface area contributed by atoms with Gasteiger partial charge in [0.05, 0.1) is 10.7 Å². The predicted octanol–water partition coefficient (Wildman–Crippen LogP) is 6.41. The monoisotopic (exact) mass is 427 g/mol. The van der Waals surface area contributed by atoms with E-state index in [9.17, 15) is 9.18 Å². The average Bonchev–Trinajstić information content (AvgIpc) is 3.02. The van der Waals surface area contributed by atoms with Crippen molar-refractivity contribution in [1.82, 2.24) is 0 Å². The van der Waals surface area contributed by atoms with Gasteiger partial charge in [0, 0.05) is 15.1 Å². The van der Waals surface area contributed by atoms with Crippen LogP contribution in [0, 0.1) is 5.82 Å². The maximum atomic E-state index is 13.8. The summed E-state index contributed by atoms with van der Waals surface area (Å²) < 4.78 is 19.9. The Morgan fingerprint density at radius 3 is 2.62 bits per heavy atom. The molecule has 122 valence electrons. The van der Waals surface area contributed by atoms with Crippen LogP contribution in [0.15, 0.2) is 57.4 Å². The van der Waals surface area contributed by atoms with Gasteiger partial charge >= 0.3 is 0 Å². The van der Waals surface area contributed by atoms with E-state index >= 15 is 0 Å². The highest BCUT2D eigenvalue weighted by molar-refractivity contribution is 9.10. The van der Waals surface area contributed by atoms with Crippen molar-refractivity contribution in [2.45, 2.75) is 0 Å². The van der Waals surface area contributed by atoms with Gasteiger partial charge in [0.1, 0.15) is 11.6 Å². The number of anilines is 1. The number of amides is 1. The summed E-state index contributed by atoms with van der Waals surface area (Å²) in [6.45, 7) is 0. The summed E-state index contributed by atoms with van der Waals surface area (Å²) in [5, 5.41) is 3.40. The first-order valence-corrected chi connectivity index (χ1v) is 8.30. The van der Waals surface area contributed by atoms with Gasteiger partial charge in [0.15, 0.2) is 5.76 Å². The normalized spacial score (nSPS) is 10.7. The minimum atomic E-state index is -0.569. The molecule has 0 saturated heterocycles. The molecule has 0 aliphatic heterocycles. The first-order valence-electron chi connectivity index (χ1n) is 6.76. The molecule has 24 heavy (non-hydrogen) atoms. The average molecular weight is 429 g/mol. The Morgan fingerprint density at radius 1 is 1.08 bits per heavy atom. The lowest BCUT2D eigenvalue weighted by atomic mass is 10.2. The third kappa shape index (κ3) is 3.64. The summed E-state index contributed by atoms with van der Waals surface area (Å²) in [5.74, 6) is -0.699. The molecule has 1 N–H and O–H groups in total. The van der Waals surface area contributed by atoms with Crippen molar-refractivity contribution in [3.63, 3.8) is 0 Å². The molecule has 2 aromatic carbocycles. The molecule has 1 heterocycles. The van der Waals surface area contributed by atoms with Gasteiger partial charge in [0.25, 0.3) is 5.91 Å². The summed E-state index contributed by atoms with van der Waals surface area (Å²) in [5.41, 5.74) is 0.625. The van der Waals surface area contributed by atoms with Crippen LogP contribution in [0.5, 0.6) is 0 Å². The highest BCUT2D eigenvalue weighted by Gasteiger charge is 2.16. The van der Waals surface area contributed by atoms with Gasteiger partial charge in [-0.2, -0.15) is 0 Å².